The molecule has 0 spiro atoms. The van der Waals surface area contributed by atoms with Crippen molar-refractivity contribution in [3.8, 4) is 5.75 Å². The first-order chi connectivity index (χ1) is 10.1. The Bertz CT molecular complexity index is 584. The number of halogens is 2. The fourth-order valence-electron chi connectivity index (χ4n) is 2.37. The lowest BCUT2D eigenvalue weighted by Crippen LogP contribution is -2.33. The number of aromatic hydroxyl groups is 1. The number of hydrogen-bond donors (Lipinski definition) is 2. The van der Waals surface area contributed by atoms with Crippen LogP contribution in [0, 0.1) is 0 Å². The molecule has 0 aliphatic carbocycles. The van der Waals surface area contributed by atoms with Gasteiger partial charge in [0.05, 0.1) is 10.0 Å². The molecule has 112 valence electrons. The Morgan fingerprint density at radius 1 is 0.952 bits per heavy atom. The average molecular weight is 324 g/mol. The largest absolute Gasteiger partial charge is 0.508 e. The summed E-state index contributed by atoms with van der Waals surface area (Å²) in [5.41, 5.74) is 2.35. The van der Waals surface area contributed by atoms with Crippen LogP contribution in [0.25, 0.3) is 0 Å². The first-order valence-corrected chi connectivity index (χ1v) is 7.79. The molecule has 2 rings (SSSR count). The molecule has 0 bridgehead atoms. The van der Waals surface area contributed by atoms with Crippen molar-refractivity contribution < 1.29 is 5.11 Å². The van der Waals surface area contributed by atoms with Crippen LogP contribution in [-0.4, -0.2) is 17.7 Å². The average Bonchev–Trinajstić information content (AvgIpc) is 2.46. The molecule has 4 heteroatoms. The van der Waals surface area contributed by atoms with E-state index in [1.807, 2.05) is 30.3 Å². The second-order valence-electron chi connectivity index (χ2n) is 5.08. The van der Waals surface area contributed by atoms with Crippen molar-refractivity contribution in [2.45, 2.75) is 25.8 Å². The van der Waals surface area contributed by atoms with Crippen molar-refractivity contribution in [1.82, 2.24) is 5.32 Å². The molecule has 0 radical (unpaired) electrons. The molecule has 0 saturated carbocycles. The fraction of sp³-hybridized carbons (Fsp3) is 0.294. The maximum absolute atomic E-state index is 9.34. The Morgan fingerprint density at radius 2 is 1.57 bits per heavy atom. The third kappa shape index (κ3) is 4.92. The first kappa shape index (κ1) is 16.2. The van der Waals surface area contributed by atoms with E-state index in [9.17, 15) is 5.11 Å². The molecule has 0 aliphatic rings. The summed E-state index contributed by atoms with van der Waals surface area (Å²) in [6.45, 7) is 3.00. The Balaban J connectivity index is 2.07. The molecule has 0 heterocycles. The van der Waals surface area contributed by atoms with E-state index in [0.717, 1.165) is 24.9 Å². The van der Waals surface area contributed by atoms with Gasteiger partial charge >= 0.3 is 0 Å². The molecule has 2 nitrogen and oxygen atoms in total. The van der Waals surface area contributed by atoms with Gasteiger partial charge in [-0.1, -0.05) is 48.3 Å². The fourth-order valence-corrected chi connectivity index (χ4v) is 2.69. The lowest BCUT2D eigenvalue weighted by atomic mass is 9.99. The molecule has 0 aliphatic heterocycles. The van der Waals surface area contributed by atoms with Gasteiger partial charge in [-0.3, -0.25) is 0 Å². The van der Waals surface area contributed by atoms with Crippen molar-refractivity contribution in [3.63, 3.8) is 0 Å². The minimum absolute atomic E-state index is 0.295. The molecule has 0 aromatic heterocycles. The maximum atomic E-state index is 9.34. The van der Waals surface area contributed by atoms with Gasteiger partial charge in [0.1, 0.15) is 5.75 Å². The lowest BCUT2D eigenvalue weighted by molar-refractivity contribution is 0.474. The quantitative estimate of drug-likeness (QED) is 0.822. The van der Waals surface area contributed by atoms with Crippen LogP contribution in [-0.2, 0) is 12.8 Å². The molecule has 0 saturated heterocycles. The number of rotatable bonds is 6. The first-order valence-electron chi connectivity index (χ1n) is 7.03. The van der Waals surface area contributed by atoms with Gasteiger partial charge in [0.25, 0.3) is 0 Å². The normalized spacial score (nSPS) is 12.3. The highest BCUT2D eigenvalue weighted by atomic mass is 35.5. The number of phenolic OH excluding ortho intramolecular Hbond substituents is 1. The number of phenols is 1. The van der Waals surface area contributed by atoms with Crippen molar-refractivity contribution in [2.75, 3.05) is 6.54 Å². The van der Waals surface area contributed by atoms with Crippen molar-refractivity contribution in [2.24, 2.45) is 0 Å². The molecule has 1 atom stereocenters. The van der Waals surface area contributed by atoms with E-state index in [4.69, 9.17) is 23.2 Å². The summed E-state index contributed by atoms with van der Waals surface area (Å²) in [5, 5.41) is 14.0. The predicted molar refractivity (Wildman–Crippen MR) is 89.4 cm³/mol. The standard InChI is InChI=1S/C17H19Cl2NO/c1-2-20-14(9-12-3-6-15(21)7-4-12)10-13-5-8-16(18)17(19)11-13/h3-8,11,14,20-21H,2,9-10H2,1H3. The van der Waals surface area contributed by atoms with Crippen molar-refractivity contribution >= 4 is 23.2 Å². The van der Waals surface area contributed by atoms with E-state index in [1.165, 1.54) is 5.56 Å². The number of benzene rings is 2. The molecule has 2 aromatic carbocycles. The minimum atomic E-state index is 0.295. The molecule has 2 aromatic rings. The van der Waals surface area contributed by atoms with Crippen LogP contribution in [0.2, 0.25) is 10.0 Å². The SMILES string of the molecule is CCNC(Cc1ccc(O)cc1)Cc1ccc(Cl)c(Cl)c1. The van der Waals surface area contributed by atoms with E-state index < -0.39 is 0 Å². The van der Waals surface area contributed by atoms with Gasteiger partial charge in [0.2, 0.25) is 0 Å². The number of likely N-dealkylation sites (N-methyl/N-ethyl adjacent to an activating group) is 1. The Hall–Kier alpha value is -1.22. The van der Waals surface area contributed by atoms with E-state index in [2.05, 4.69) is 12.2 Å². The summed E-state index contributed by atoms with van der Waals surface area (Å²) in [4.78, 5) is 0. The molecular formula is C17H19Cl2NO. The monoisotopic (exact) mass is 323 g/mol. The summed E-state index contributed by atoms with van der Waals surface area (Å²) >= 11 is 12.0. The van der Waals surface area contributed by atoms with Crippen LogP contribution in [0.4, 0.5) is 0 Å². The number of nitrogens with one attached hydrogen (secondary N) is 1. The smallest absolute Gasteiger partial charge is 0.115 e. The summed E-state index contributed by atoms with van der Waals surface area (Å²) in [7, 11) is 0. The third-order valence-corrected chi connectivity index (χ3v) is 4.12. The van der Waals surface area contributed by atoms with E-state index in [0.29, 0.717) is 21.8 Å². The lowest BCUT2D eigenvalue weighted by Gasteiger charge is -2.18. The summed E-state index contributed by atoms with van der Waals surface area (Å²) in [5.74, 6) is 0.295. The van der Waals surface area contributed by atoms with E-state index >= 15 is 0 Å². The topological polar surface area (TPSA) is 32.3 Å². The van der Waals surface area contributed by atoms with E-state index in [1.54, 1.807) is 12.1 Å². The maximum Gasteiger partial charge on any atom is 0.115 e. The van der Waals surface area contributed by atoms with Crippen LogP contribution in [0.3, 0.4) is 0 Å². The Morgan fingerprint density at radius 3 is 2.19 bits per heavy atom. The molecular weight excluding hydrogens is 305 g/mol. The Labute approximate surface area is 135 Å². The predicted octanol–water partition coefficient (Wildman–Crippen LogP) is 4.46. The van der Waals surface area contributed by atoms with E-state index in [-0.39, 0.29) is 0 Å². The van der Waals surface area contributed by atoms with Gasteiger partial charge < -0.3 is 10.4 Å². The van der Waals surface area contributed by atoms with Gasteiger partial charge in [-0.15, -0.1) is 0 Å². The highest BCUT2D eigenvalue weighted by Gasteiger charge is 2.11. The Kier molecular flexibility index (Phi) is 5.92. The second-order valence-corrected chi connectivity index (χ2v) is 5.89. The third-order valence-electron chi connectivity index (χ3n) is 3.38. The van der Waals surface area contributed by atoms with Crippen LogP contribution in [0.5, 0.6) is 5.75 Å². The minimum Gasteiger partial charge on any atom is -0.508 e. The summed E-state index contributed by atoms with van der Waals surface area (Å²) < 4.78 is 0. The highest BCUT2D eigenvalue weighted by molar-refractivity contribution is 6.42. The van der Waals surface area contributed by atoms with Gasteiger partial charge in [-0.05, 0) is 54.8 Å². The van der Waals surface area contributed by atoms with Gasteiger partial charge in [-0.2, -0.15) is 0 Å². The van der Waals surface area contributed by atoms with Crippen LogP contribution >= 0.6 is 23.2 Å². The zero-order valence-corrected chi connectivity index (χ0v) is 13.5. The summed E-state index contributed by atoms with van der Waals surface area (Å²) in [6, 6.07) is 13.4. The molecule has 1 unspecified atom stereocenters. The van der Waals surface area contributed by atoms with Crippen molar-refractivity contribution in [3.05, 3.63) is 63.6 Å². The summed E-state index contributed by atoms with van der Waals surface area (Å²) in [6.07, 6.45) is 1.78. The number of hydrogen-bond acceptors (Lipinski definition) is 2. The molecule has 0 fully saturated rings. The van der Waals surface area contributed by atoms with Gasteiger partial charge in [-0.25, -0.2) is 0 Å². The molecule has 21 heavy (non-hydrogen) atoms. The van der Waals surface area contributed by atoms with Crippen LogP contribution in [0.15, 0.2) is 42.5 Å². The van der Waals surface area contributed by atoms with Gasteiger partial charge in [0.15, 0.2) is 0 Å². The molecule has 2 N–H and O–H groups in total. The van der Waals surface area contributed by atoms with Crippen molar-refractivity contribution in [1.29, 1.82) is 0 Å². The zero-order valence-electron chi connectivity index (χ0n) is 11.9. The second kappa shape index (κ2) is 7.69. The molecule has 0 amide bonds. The van der Waals surface area contributed by atoms with Crippen LogP contribution in [0.1, 0.15) is 18.1 Å². The van der Waals surface area contributed by atoms with Crippen LogP contribution < -0.4 is 5.32 Å². The highest BCUT2D eigenvalue weighted by Crippen LogP contribution is 2.23. The zero-order chi connectivity index (χ0) is 15.2. The van der Waals surface area contributed by atoms with Gasteiger partial charge in [0, 0.05) is 6.04 Å².